The summed E-state index contributed by atoms with van der Waals surface area (Å²) in [6, 6.07) is 8.81. The number of hydrogen-bond donors (Lipinski definition) is 1. The third-order valence-electron chi connectivity index (χ3n) is 3.17. The summed E-state index contributed by atoms with van der Waals surface area (Å²) in [6.07, 6.45) is 1.21. The van der Waals surface area contributed by atoms with E-state index in [0.29, 0.717) is 12.0 Å². The van der Waals surface area contributed by atoms with Crippen LogP contribution in [-0.2, 0) is 0 Å². The molecule has 17 heavy (non-hydrogen) atoms. The number of hydrogen-bond acceptors (Lipinski definition) is 3. The summed E-state index contributed by atoms with van der Waals surface area (Å²) in [5.74, 6) is 2.73. The average molecular weight is 253 g/mol. The van der Waals surface area contributed by atoms with Crippen LogP contribution in [0.5, 0.6) is 5.75 Å². The largest absolute Gasteiger partial charge is 0.497 e. The molecule has 0 saturated carbocycles. The van der Waals surface area contributed by atoms with Gasteiger partial charge in [-0.1, -0.05) is 26.3 Å². The van der Waals surface area contributed by atoms with Crippen LogP contribution in [0.25, 0.3) is 0 Å². The van der Waals surface area contributed by atoms with Crippen LogP contribution in [0.1, 0.15) is 20.3 Å². The van der Waals surface area contributed by atoms with Crippen LogP contribution in [0, 0.1) is 5.92 Å². The van der Waals surface area contributed by atoms with Crippen LogP contribution in [0.3, 0.4) is 0 Å². The van der Waals surface area contributed by atoms with E-state index >= 15 is 0 Å². The van der Waals surface area contributed by atoms with Crippen molar-refractivity contribution in [2.75, 3.05) is 19.9 Å². The monoisotopic (exact) mass is 253 g/mol. The Morgan fingerprint density at radius 3 is 2.76 bits per heavy atom. The predicted octanol–water partition coefficient (Wildman–Crippen LogP) is 3.42. The number of benzene rings is 1. The lowest BCUT2D eigenvalue weighted by Gasteiger charge is -2.22. The Labute approximate surface area is 109 Å². The van der Waals surface area contributed by atoms with E-state index in [1.807, 2.05) is 30.9 Å². The van der Waals surface area contributed by atoms with Gasteiger partial charge in [-0.2, -0.15) is 0 Å². The number of nitrogens with one attached hydrogen (secondary N) is 1. The second-order valence-corrected chi connectivity index (χ2v) is 5.36. The van der Waals surface area contributed by atoms with Gasteiger partial charge < -0.3 is 10.1 Å². The summed E-state index contributed by atoms with van der Waals surface area (Å²) >= 11 is 1.88. The normalized spacial score (nSPS) is 14.4. The molecule has 3 heteroatoms. The molecule has 0 radical (unpaired) electrons. The van der Waals surface area contributed by atoms with Crippen LogP contribution in [0.2, 0.25) is 0 Å². The molecule has 1 rings (SSSR count). The predicted molar refractivity (Wildman–Crippen MR) is 76.0 cm³/mol. The van der Waals surface area contributed by atoms with E-state index in [1.165, 1.54) is 11.3 Å². The van der Waals surface area contributed by atoms with Gasteiger partial charge in [0.15, 0.2) is 0 Å². The molecular formula is C14H23NOS. The maximum absolute atomic E-state index is 5.23. The summed E-state index contributed by atoms with van der Waals surface area (Å²) in [5.41, 5.74) is 0. The lowest BCUT2D eigenvalue weighted by Crippen LogP contribution is -2.34. The van der Waals surface area contributed by atoms with Crippen molar-refractivity contribution in [2.45, 2.75) is 31.2 Å². The third-order valence-corrected chi connectivity index (χ3v) is 4.29. The van der Waals surface area contributed by atoms with E-state index in [-0.39, 0.29) is 0 Å². The first kappa shape index (κ1) is 14.4. The van der Waals surface area contributed by atoms with Crippen LogP contribution < -0.4 is 10.1 Å². The molecule has 96 valence electrons. The maximum Gasteiger partial charge on any atom is 0.119 e. The Kier molecular flexibility index (Phi) is 6.45. The van der Waals surface area contributed by atoms with Gasteiger partial charge in [-0.3, -0.25) is 0 Å². The summed E-state index contributed by atoms with van der Waals surface area (Å²) in [7, 11) is 3.75. The quantitative estimate of drug-likeness (QED) is 0.752. The molecule has 0 fully saturated rings. The Morgan fingerprint density at radius 1 is 1.41 bits per heavy atom. The zero-order chi connectivity index (χ0) is 12.7. The molecule has 0 aliphatic rings. The van der Waals surface area contributed by atoms with E-state index in [2.05, 4.69) is 31.3 Å². The third kappa shape index (κ3) is 4.60. The van der Waals surface area contributed by atoms with Crippen LogP contribution in [-0.4, -0.2) is 26.0 Å². The topological polar surface area (TPSA) is 21.3 Å². The molecule has 0 aromatic heterocycles. The van der Waals surface area contributed by atoms with Crippen molar-refractivity contribution in [1.29, 1.82) is 0 Å². The number of methoxy groups -OCH3 is 1. The number of rotatable bonds is 7. The average Bonchev–Trinajstić information content (AvgIpc) is 2.39. The lowest BCUT2D eigenvalue weighted by molar-refractivity contribution is 0.413. The maximum atomic E-state index is 5.23. The van der Waals surface area contributed by atoms with E-state index in [4.69, 9.17) is 4.74 Å². The second-order valence-electron chi connectivity index (χ2n) is 4.27. The summed E-state index contributed by atoms with van der Waals surface area (Å²) in [6.45, 7) is 4.54. The molecule has 0 heterocycles. The molecule has 0 spiro atoms. The lowest BCUT2D eigenvalue weighted by atomic mass is 10.0. The fourth-order valence-electron chi connectivity index (χ4n) is 1.69. The molecule has 2 nitrogen and oxygen atoms in total. The first-order valence-electron chi connectivity index (χ1n) is 6.15. The van der Waals surface area contributed by atoms with E-state index in [1.54, 1.807) is 7.11 Å². The van der Waals surface area contributed by atoms with Crippen molar-refractivity contribution in [3.63, 3.8) is 0 Å². The standard InChI is InChI=1S/C14H23NOS/c1-5-11(2)14(15-3)10-17-13-8-6-7-12(9-13)16-4/h6-9,11,14-15H,5,10H2,1-4H3. The highest BCUT2D eigenvalue weighted by Crippen LogP contribution is 2.25. The van der Waals surface area contributed by atoms with E-state index < -0.39 is 0 Å². The molecule has 2 atom stereocenters. The molecule has 0 aliphatic heterocycles. The number of thioether (sulfide) groups is 1. The first-order valence-corrected chi connectivity index (χ1v) is 7.14. The zero-order valence-corrected chi connectivity index (χ0v) is 12.0. The smallest absolute Gasteiger partial charge is 0.119 e. The van der Waals surface area contributed by atoms with Crippen molar-refractivity contribution < 1.29 is 4.74 Å². The highest BCUT2D eigenvalue weighted by molar-refractivity contribution is 7.99. The minimum absolute atomic E-state index is 0.566. The second kappa shape index (κ2) is 7.62. The number of ether oxygens (including phenoxy) is 1. The molecule has 2 unspecified atom stereocenters. The molecular weight excluding hydrogens is 230 g/mol. The van der Waals surface area contributed by atoms with Gasteiger partial charge in [-0.15, -0.1) is 11.8 Å². The van der Waals surface area contributed by atoms with Gasteiger partial charge in [0.2, 0.25) is 0 Å². The Morgan fingerprint density at radius 2 is 2.18 bits per heavy atom. The van der Waals surface area contributed by atoms with Crippen molar-refractivity contribution >= 4 is 11.8 Å². The zero-order valence-electron chi connectivity index (χ0n) is 11.2. The van der Waals surface area contributed by atoms with Crippen LogP contribution in [0.4, 0.5) is 0 Å². The SMILES string of the molecule is CCC(C)C(CSc1cccc(OC)c1)NC. The minimum atomic E-state index is 0.566. The molecule has 0 aliphatic carbocycles. The molecule has 0 saturated heterocycles. The van der Waals surface area contributed by atoms with Gasteiger partial charge in [0.05, 0.1) is 7.11 Å². The van der Waals surface area contributed by atoms with Crippen LogP contribution in [0.15, 0.2) is 29.2 Å². The summed E-state index contributed by atoms with van der Waals surface area (Å²) < 4.78 is 5.23. The Hall–Kier alpha value is -0.670. The molecule has 1 aromatic rings. The van der Waals surface area contributed by atoms with Crippen LogP contribution >= 0.6 is 11.8 Å². The van der Waals surface area contributed by atoms with Gasteiger partial charge in [0.1, 0.15) is 5.75 Å². The van der Waals surface area contributed by atoms with Gasteiger partial charge in [0, 0.05) is 16.7 Å². The van der Waals surface area contributed by atoms with Crippen molar-refractivity contribution in [3.05, 3.63) is 24.3 Å². The summed E-state index contributed by atoms with van der Waals surface area (Å²) in [5, 5.41) is 3.40. The molecule has 0 amide bonds. The fraction of sp³-hybridized carbons (Fsp3) is 0.571. The van der Waals surface area contributed by atoms with Gasteiger partial charge in [-0.25, -0.2) is 0 Å². The summed E-state index contributed by atoms with van der Waals surface area (Å²) in [4.78, 5) is 1.27. The van der Waals surface area contributed by atoms with Gasteiger partial charge >= 0.3 is 0 Å². The fourth-order valence-corrected chi connectivity index (χ4v) is 2.94. The molecule has 1 aromatic carbocycles. The minimum Gasteiger partial charge on any atom is -0.497 e. The highest BCUT2D eigenvalue weighted by Gasteiger charge is 2.13. The Bertz CT molecular complexity index is 330. The van der Waals surface area contributed by atoms with E-state index in [0.717, 1.165) is 11.5 Å². The molecule has 1 N–H and O–H groups in total. The molecule has 0 bridgehead atoms. The van der Waals surface area contributed by atoms with Crippen molar-refractivity contribution in [3.8, 4) is 5.75 Å². The Balaban J connectivity index is 2.53. The van der Waals surface area contributed by atoms with Crippen molar-refractivity contribution in [2.24, 2.45) is 5.92 Å². The first-order chi connectivity index (χ1) is 8.21. The highest BCUT2D eigenvalue weighted by atomic mass is 32.2. The van der Waals surface area contributed by atoms with E-state index in [9.17, 15) is 0 Å². The van der Waals surface area contributed by atoms with Crippen molar-refractivity contribution in [1.82, 2.24) is 5.32 Å². The van der Waals surface area contributed by atoms with Gasteiger partial charge in [0.25, 0.3) is 0 Å². The van der Waals surface area contributed by atoms with Gasteiger partial charge in [-0.05, 0) is 31.2 Å².